The van der Waals surface area contributed by atoms with Crippen molar-refractivity contribution in [2.45, 2.75) is 193 Å². The van der Waals surface area contributed by atoms with Crippen LogP contribution < -0.4 is 49.1 Å². The van der Waals surface area contributed by atoms with Crippen LogP contribution in [-0.4, -0.2) is 116 Å². The van der Waals surface area contributed by atoms with Crippen LogP contribution in [0.1, 0.15) is 213 Å². The number of carbonyl (C=O) groups is 3. The molecule has 0 radical (unpaired) electrons. The van der Waals surface area contributed by atoms with E-state index in [1.165, 1.54) is 0 Å². The lowest BCUT2D eigenvalue weighted by Crippen LogP contribution is -2.36. The fraction of sp³-hybridized carbons (Fsp3) is 0.688. The minimum Gasteiger partial charge on any atom is -0.393 e. The van der Waals surface area contributed by atoms with E-state index < -0.39 is 194 Å². The molecule has 69 heavy (non-hydrogen) atoms. The average Bonchev–Trinajstić information content (AvgIpc) is 0.675. The third kappa shape index (κ3) is 18.3. The van der Waals surface area contributed by atoms with Crippen molar-refractivity contribution >= 4 is 53.0 Å². The predicted octanol–water partition coefficient (Wildman–Crippen LogP) is 5.24. The Morgan fingerprint density at radius 2 is 0.841 bits per heavy atom. The molecule has 3 fully saturated rings. The highest BCUT2D eigenvalue weighted by atomic mass is 16.3. The Labute approximate surface area is 449 Å². The SMILES string of the molecule is [2H]C([2H])C1([2H])C([2H])([2H])C([2H])([2H])C([2H])(Nc2nc(NC(C)(C)C)ncc2C(N)=O)C([2H])([2H])C1([2H])O.[2H]C1([2H])C([2H])([2H])C([2H])(Nc2nc(NC(C)(C)C)ncc2C(N)=O)C([2H])([2H])C([2H])(O)C1([2H])C.[2H]CC1([2H])C([2H])([2H])C([2H])([2H])C([2H])(Nc2nc(NC(C)(C)C)ncc2C(N)=O)C([2H])([2H])C1([2H])O. The van der Waals surface area contributed by atoms with Crippen LogP contribution in [0.2, 0.25) is 0 Å². The average molecular weight is 994 g/mol. The molecule has 3 aliphatic carbocycles. The van der Waals surface area contributed by atoms with E-state index in [4.69, 9.17) is 58.3 Å². The lowest BCUT2D eigenvalue weighted by atomic mass is 9.85. The second-order valence-electron chi connectivity index (χ2n) is 17.8. The summed E-state index contributed by atoms with van der Waals surface area (Å²) in [5.74, 6) is -15.8. The van der Waals surface area contributed by atoms with Crippen molar-refractivity contribution < 1.29 is 70.8 Å². The third-order valence-corrected chi connectivity index (χ3v) is 8.02. The van der Waals surface area contributed by atoms with Gasteiger partial charge in [-0.3, -0.25) is 14.4 Å². The Balaban J connectivity index is 0.000000315. The number of hydrogen-bond acceptors (Lipinski definition) is 18. The van der Waals surface area contributed by atoms with Crippen LogP contribution >= 0.6 is 0 Å². The molecule has 3 aromatic heterocycles. The fourth-order valence-electron chi connectivity index (χ4n) is 4.99. The van der Waals surface area contributed by atoms with Gasteiger partial charge < -0.3 is 64.4 Å². The van der Waals surface area contributed by atoms with Gasteiger partial charge in [0, 0.05) is 86.2 Å². The van der Waals surface area contributed by atoms with Gasteiger partial charge >= 0.3 is 0 Å². The van der Waals surface area contributed by atoms with Gasteiger partial charge in [0.25, 0.3) is 17.7 Å². The fourth-order valence-corrected chi connectivity index (χ4v) is 4.99. The maximum absolute atomic E-state index is 11.9. The van der Waals surface area contributed by atoms with Crippen molar-refractivity contribution in [2.75, 3.05) is 31.9 Å². The van der Waals surface area contributed by atoms with Gasteiger partial charge in [0.05, 0.1) is 43.2 Å². The van der Waals surface area contributed by atoms with Crippen molar-refractivity contribution in [1.29, 1.82) is 0 Å². The van der Waals surface area contributed by atoms with Crippen LogP contribution in [0.4, 0.5) is 35.3 Å². The van der Waals surface area contributed by atoms with Gasteiger partial charge in [-0.25, -0.2) is 15.0 Å². The molecule has 384 valence electrons. The van der Waals surface area contributed by atoms with E-state index in [1.807, 2.05) is 10.6 Å². The first-order chi connectivity index (χ1) is 43.4. The molecule has 9 unspecified atom stereocenters. The number of nitrogens with zero attached hydrogens (tertiary/aromatic N) is 6. The highest BCUT2D eigenvalue weighted by molar-refractivity contribution is 5.98. The number of amides is 3. The number of primary amides is 3. The summed E-state index contributed by atoms with van der Waals surface area (Å²) in [5.41, 5.74) is 12.7. The molecule has 0 bridgehead atoms. The molecule has 0 spiro atoms. The van der Waals surface area contributed by atoms with Crippen LogP contribution in [0.5, 0.6) is 0 Å². The maximum Gasteiger partial charge on any atom is 0.254 e. The highest BCUT2D eigenvalue weighted by Gasteiger charge is 2.30. The summed E-state index contributed by atoms with van der Waals surface area (Å²) >= 11 is 0. The van der Waals surface area contributed by atoms with Crippen LogP contribution in [-0.2, 0) is 0 Å². The molecule has 3 aliphatic rings. The van der Waals surface area contributed by atoms with E-state index >= 15 is 0 Å². The summed E-state index contributed by atoms with van der Waals surface area (Å²) in [6.45, 7) is 12.3. The van der Waals surface area contributed by atoms with Gasteiger partial charge in [0.1, 0.15) is 17.5 Å². The summed E-state index contributed by atoms with van der Waals surface area (Å²) in [4.78, 5) is 59.3. The lowest BCUT2D eigenvalue weighted by Gasteiger charge is -2.32. The largest absolute Gasteiger partial charge is 0.393 e. The van der Waals surface area contributed by atoms with Crippen molar-refractivity contribution in [1.82, 2.24) is 29.9 Å². The second kappa shape index (κ2) is 23.8. The number of nitrogens with two attached hydrogens (primary N) is 3. The standard InChI is InChI=1S/3C16H27N5O2/c3*1-9-5-6-10(7-12(9)22)19-14-11(13(17)23)8-18-15(20-14)21-16(2,3)4/h3*8-10,12,22H,5-7H2,1-4H3,(H2,17,23)(H2,18,19,20,21)/i1D2,5D2,6D2,7D2,9D,10D,12D;1D,5D2,6D2,7D2,9D,10D,12D;5D2,6D2,7D2,9D,10D,12D. The van der Waals surface area contributed by atoms with Gasteiger partial charge in [0.2, 0.25) is 17.8 Å². The van der Waals surface area contributed by atoms with Crippen LogP contribution in [0.25, 0.3) is 0 Å². The predicted molar refractivity (Wildman–Crippen MR) is 271 cm³/mol. The highest BCUT2D eigenvalue weighted by Crippen LogP contribution is 2.30. The minimum atomic E-state index is -4.00. The summed E-state index contributed by atoms with van der Waals surface area (Å²) < 4.78 is 246. The first-order valence-corrected chi connectivity index (χ1v) is 20.4. The Kier molecular flexibility index (Phi) is 9.13. The number of aliphatic hydroxyl groups is 3. The van der Waals surface area contributed by atoms with E-state index in [1.54, 1.807) is 62.3 Å². The number of anilines is 6. The zero-order chi connectivity index (χ0) is 78.3. The molecular weight excluding hydrogens is 883 g/mol. The Bertz CT molecular complexity index is 3500. The summed E-state index contributed by atoms with van der Waals surface area (Å²) in [7, 11) is 0. The summed E-state index contributed by atoms with van der Waals surface area (Å²) in [6.07, 6.45) is -41.5. The van der Waals surface area contributed by atoms with E-state index in [-0.39, 0.29) is 17.8 Å². The first-order valence-electron chi connectivity index (χ1n) is 35.8. The number of nitrogens with one attached hydrogen (secondary N) is 6. The molecule has 6 rings (SSSR count). The smallest absolute Gasteiger partial charge is 0.254 e. The number of hydrogen-bond donors (Lipinski definition) is 12. The van der Waals surface area contributed by atoms with E-state index in [2.05, 4.69) is 51.2 Å². The Morgan fingerprint density at radius 1 is 0.551 bits per heavy atom. The molecule has 3 amide bonds. The molecule has 21 nitrogen and oxygen atoms in total. The Morgan fingerprint density at radius 3 is 1.13 bits per heavy atom. The van der Waals surface area contributed by atoms with Crippen molar-refractivity contribution in [2.24, 2.45) is 34.9 Å². The van der Waals surface area contributed by atoms with Gasteiger partial charge in [-0.1, -0.05) is 20.7 Å². The van der Waals surface area contributed by atoms with Crippen LogP contribution in [0.15, 0.2) is 18.6 Å². The third-order valence-electron chi connectivity index (χ3n) is 8.02. The summed E-state index contributed by atoms with van der Waals surface area (Å²) in [6, 6.07) is -10.6. The van der Waals surface area contributed by atoms with Crippen molar-refractivity contribution in [3.63, 3.8) is 0 Å². The van der Waals surface area contributed by atoms with E-state index in [9.17, 15) is 29.7 Å². The van der Waals surface area contributed by atoms with Gasteiger partial charge in [-0.15, -0.1) is 0 Å². The molecule has 15 N–H and O–H groups in total. The van der Waals surface area contributed by atoms with Crippen LogP contribution in [0.3, 0.4) is 0 Å². The first kappa shape index (κ1) is 26.5. The zero-order valence-corrected chi connectivity index (χ0v) is 39.5. The molecule has 9 atom stereocenters. The van der Waals surface area contributed by atoms with Crippen molar-refractivity contribution in [3.8, 4) is 0 Å². The molecular formula is C48H81N15O6. The van der Waals surface area contributed by atoms with E-state index in [0.717, 1.165) is 18.6 Å². The maximum atomic E-state index is 11.9. The van der Waals surface area contributed by atoms with Crippen molar-refractivity contribution in [3.05, 3.63) is 35.3 Å². The lowest BCUT2D eigenvalue weighted by molar-refractivity contribution is 0.0737. The molecule has 21 heteroatoms. The topological polar surface area (TPSA) is 339 Å². The Hall–Kier alpha value is -5.67. The molecule has 0 saturated heterocycles. The van der Waals surface area contributed by atoms with Crippen LogP contribution in [0, 0.1) is 17.7 Å². The molecule has 3 saturated carbocycles. The minimum absolute atomic E-state index is 0.0972. The zero-order valence-electron chi connectivity index (χ0n) is 69.5. The number of rotatable bonds is 12. The van der Waals surface area contributed by atoms with Gasteiger partial charge in [-0.2, -0.15) is 15.0 Å². The molecule has 0 aromatic carbocycles. The van der Waals surface area contributed by atoms with Gasteiger partial charge in [-0.05, 0) is 137 Å². The number of carbonyl (C=O) groups excluding carboxylic acids is 3. The second-order valence-corrected chi connectivity index (χ2v) is 17.8. The summed E-state index contributed by atoms with van der Waals surface area (Å²) in [5, 5.41) is 46.7. The molecule has 3 aromatic rings. The quantitative estimate of drug-likeness (QED) is 0.110. The van der Waals surface area contributed by atoms with Gasteiger partial charge in [0.15, 0.2) is 0 Å². The monoisotopic (exact) mass is 994 g/mol. The number of aromatic nitrogens is 6. The normalized spacial score (nSPS) is 47.6. The molecule has 0 aliphatic heterocycles. The molecule has 3 heterocycles. The van der Waals surface area contributed by atoms with E-state index in [0.29, 0.717) is 6.92 Å².